The van der Waals surface area contributed by atoms with E-state index in [9.17, 15) is 4.79 Å². The number of rotatable bonds is 3. The highest BCUT2D eigenvalue weighted by molar-refractivity contribution is 5.89. The summed E-state index contributed by atoms with van der Waals surface area (Å²) >= 11 is 0. The molecule has 4 heteroatoms. The zero-order chi connectivity index (χ0) is 12.0. The van der Waals surface area contributed by atoms with E-state index in [2.05, 4.69) is 5.32 Å². The third-order valence-corrected chi connectivity index (χ3v) is 4.37. The molecule has 92 valence electrons. The summed E-state index contributed by atoms with van der Waals surface area (Å²) in [5.41, 5.74) is 5.35. The van der Waals surface area contributed by atoms with Crippen molar-refractivity contribution in [3.63, 3.8) is 0 Å². The molecule has 3 atom stereocenters. The van der Waals surface area contributed by atoms with Gasteiger partial charge in [-0.3, -0.25) is 4.79 Å². The third kappa shape index (κ3) is 1.26. The van der Waals surface area contributed by atoms with Gasteiger partial charge in [-0.15, -0.1) is 0 Å². The second kappa shape index (κ2) is 3.70. The fraction of sp³-hybridized carbons (Fsp3) is 0.917. The summed E-state index contributed by atoms with van der Waals surface area (Å²) in [5, 5.41) is 2.92. The largest absolute Gasteiger partial charge is 0.377 e. The van der Waals surface area contributed by atoms with Crippen LogP contribution >= 0.6 is 0 Å². The summed E-state index contributed by atoms with van der Waals surface area (Å²) < 4.78 is 5.66. The number of nitrogens with two attached hydrogens (primary N) is 1. The van der Waals surface area contributed by atoms with Gasteiger partial charge in [0.05, 0.1) is 6.10 Å². The number of hydrogen-bond donors (Lipinski definition) is 2. The van der Waals surface area contributed by atoms with Gasteiger partial charge >= 0.3 is 0 Å². The zero-order valence-electron chi connectivity index (χ0n) is 10.4. The third-order valence-electron chi connectivity index (χ3n) is 4.37. The normalized spacial score (nSPS) is 40.0. The van der Waals surface area contributed by atoms with Crippen molar-refractivity contribution >= 4 is 5.91 Å². The van der Waals surface area contributed by atoms with E-state index in [1.807, 2.05) is 20.8 Å². The summed E-state index contributed by atoms with van der Waals surface area (Å²) in [6, 6.07) is 0. The van der Waals surface area contributed by atoms with Crippen LogP contribution in [0.5, 0.6) is 0 Å². The van der Waals surface area contributed by atoms with Crippen LogP contribution in [-0.4, -0.2) is 30.7 Å². The minimum absolute atomic E-state index is 0.00824. The molecule has 1 amide bonds. The van der Waals surface area contributed by atoms with Gasteiger partial charge in [0.25, 0.3) is 0 Å². The van der Waals surface area contributed by atoms with Gasteiger partial charge in [0.15, 0.2) is 0 Å². The van der Waals surface area contributed by atoms with Crippen molar-refractivity contribution < 1.29 is 9.53 Å². The first-order valence-electron chi connectivity index (χ1n) is 6.15. The molecule has 4 nitrogen and oxygen atoms in total. The monoisotopic (exact) mass is 226 g/mol. The molecule has 1 saturated carbocycles. The van der Waals surface area contributed by atoms with E-state index in [0.717, 1.165) is 19.4 Å². The van der Waals surface area contributed by atoms with Crippen molar-refractivity contribution in [1.29, 1.82) is 0 Å². The van der Waals surface area contributed by atoms with E-state index in [0.29, 0.717) is 6.54 Å². The molecule has 0 bridgehead atoms. The summed E-state index contributed by atoms with van der Waals surface area (Å²) in [6.07, 6.45) is 2.00. The number of ether oxygens (including phenoxy) is 1. The maximum absolute atomic E-state index is 12.2. The van der Waals surface area contributed by atoms with E-state index < -0.39 is 5.54 Å². The molecule has 3 unspecified atom stereocenters. The Morgan fingerprint density at radius 2 is 2.25 bits per heavy atom. The van der Waals surface area contributed by atoms with E-state index in [1.54, 1.807) is 0 Å². The number of carbonyl (C=O) groups is 1. The lowest BCUT2D eigenvalue weighted by atomic mass is 9.48. The molecular weight excluding hydrogens is 204 g/mol. The molecule has 1 heterocycles. The van der Waals surface area contributed by atoms with Crippen LogP contribution in [0.1, 0.15) is 33.6 Å². The lowest BCUT2D eigenvalue weighted by Crippen LogP contribution is -2.80. The summed E-state index contributed by atoms with van der Waals surface area (Å²) in [4.78, 5) is 12.2. The van der Waals surface area contributed by atoms with Crippen molar-refractivity contribution in [3.8, 4) is 0 Å². The number of amides is 1. The van der Waals surface area contributed by atoms with Gasteiger partial charge in [-0.25, -0.2) is 0 Å². The Morgan fingerprint density at radius 3 is 2.88 bits per heavy atom. The van der Waals surface area contributed by atoms with Crippen molar-refractivity contribution in [2.75, 3.05) is 13.2 Å². The molecule has 2 aliphatic rings. The summed E-state index contributed by atoms with van der Waals surface area (Å²) in [6.45, 7) is 7.54. The number of carbonyl (C=O) groups excluding carboxylic acids is 1. The number of hydrogen-bond acceptors (Lipinski definition) is 3. The van der Waals surface area contributed by atoms with Crippen molar-refractivity contribution in [2.24, 2.45) is 17.1 Å². The molecule has 0 spiro atoms. The fourth-order valence-corrected chi connectivity index (χ4v) is 3.23. The van der Waals surface area contributed by atoms with E-state index in [-0.39, 0.29) is 23.3 Å². The molecule has 0 radical (unpaired) electrons. The maximum atomic E-state index is 12.2. The molecule has 2 rings (SSSR count). The first-order valence-corrected chi connectivity index (χ1v) is 6.15. The van der Waals surface area contributed by atoms with Crippen LogP contribution in [0.15, 0.2) is 0 Å². The Balaban J connectivity index is 2.14. The smallest absolute Gasteiger partial charge is 0.241 e. The van der Waals surface area contributed by atoms with Crippen LogP contribution in [0.3, 0.4) is 0 Å². The highest BCUT2D eigenvalue weighted by atomic mass is 16.5. The van der Waals surface area contributed by atoms with Gasteiger partial charge in [-0.2, -0.15) is 0 Å². The van der Waals surface area contributed by atoms with Crippen LogP contribution in [0.25, 0.3) is 0 Å². The second-order valence-electron chi connectivity index (χ2n) is 5.53. The van der Waals surface area contributed by atoms with Crippen molar-refractivity contribution in [1.82, 2.24) is 5.32 Å². The molecule has 3 N–H and O–H groups in total. The highest BCUT2D eigenvalue weighted by Gasteiger charge is 2.71. The van der Waals surface area contributed by atoms with Crippen molar-refractivity contribution in [2.45, 2.75) is 45.3 Å². The Kier molecular flexibility index (Phi) is 2.75. The average Bonchev–Trinajstić information content (AvgIpc) is 2.72. The topological polar surface area (TPSA) is 64.4 Å². The maximum Gasteiger partial charge on any atom is 0.241 e. The molecule has 2 fully saturated rings. The second-order valence-corrected chi connectivity index (χ2v) is 5.53. The Morgan fingerprint density at radius 1 is 1.56 bits per heavy atom. The van der Waals surface area contributed by atoms with Crippen LogP contribution in [-0.2, 0) is 9.53 Å². The highest BCUT2D eigenvalue weighted by Crippen LogP contribution is 2.58. The quantitative estimate of drug-likeness (QED) is 0.743. The first kappa shape index (κ1) is 11.9. The van der Waals surface area contributed by atoms with Gasteiger partial charge in [-0.1, -0.05) is 20.8 Å². The van der Waals surface area contributed by atoms with Crippen LogP contribution < -0.4 is 11.1 Å². The molecule has 16 heavy (non-hydrogen) atoms. The number of nitrogens with one attached hydrogen (secondary N) is 1. The minimum atomic E-state index is -0.747. The SMILES string of the molecule is CCCNC(=O)C1(N)C2CCOC2C1(C)C. The summed E-state index contributed by atoms with van der Waals surface area (Å²) in [5.74, 6) is 0.186. The van der Waals surface area contributed by atoms with Crippen molar-refractivity contribution in [3.05, 3.63) is 0 Å². The fourth-order valence-electron chi connectivity index (χ4n) is 3.23. The molecule has 0 aromatic carbocycles. The Bertz CT molecular complexity index is 303. The lowest BCUT2D eigenvalue weighted by molar-refractivity contribution is -0.175. The van der Waals surface area contributed by atoms with Crippen LogP contribution in [0.4, 0.5) is 0 Å². The number of fused-ring (bicyclic) bond motifs is 1. The van der Waals surface area contributed by atoms with E-state index >= 15 is 0 Å². The van der Waals surface area contributed by atoms with E-state index in [4.69, 9.17) is 10.5 Å². The zero-order valence-corrected chi connectivity index (χ0v) is 10.4. The molecule has 0 aromatic heterocycles. The Labute approximate surface area is 96.9 Å². The van der Waals surface area contributed by atoms with Gasteiger partial charge in [-0.05, 0) is 12.8 Å². The molecular formula is C12H22N2O2. The standard InChI is InChI=1S/C12H22N2O2/c1-4-6-14-10(15)12(13)8-5-7-16-9(8)11(12,2)3/h8-9H,4-7,13H2,1-3H3,(H,14,15). The van der Waals surface area contributed by atoms with Gasteiger partial charge in [0, 0.05) is 24.5 Å². The van der Waals surface area contributed by atoms with Crippen LogP contribution in [0, 0.1) is 11.3 Å². The predicted octanol–water partition coefficient (Wildman–Crippen LogP) is 0.655. The summed E-state index contributed by atoms with van der Waals surface area (Å²) in [7, 11) is 0. The molecule has 1 saturated heterocycles. The first-order chi connectivity index (χ1) is 7.46. The average molecular weight is 226 g/mol. The molecule has 1 aliphatic heterocycles. The lowest BCUT2D eigenvalue weighted by Gasteiger charge is -2.60. The molecule has 1 aliphatic carbocycles. The van der Waals surface area contributed by atoms with Gasteiger partial charge in [0.1, 0.15) is 5.54 Å². The van der Waals surface area contributed by atoms with E-state index in [1.165, 1.54) is 0 Å². The Hall–Kier alpha value is -0.610. The van der Waals surface area contributed by atoms with Gasteiger partial charge < -0.3 is 15.8 Å². The van der Waals surface area contributed by atoms with Crippen LogP contribution in [0.2, 0.25) is 0 Å². The predicted molar refractivity (Wildman–Crippen MR) is 61.8 cm³/mol. The minimum Gasteiger partial charge on any atom is -0.377 e. The van der Waals surface area contributed by atoms with Gasteiger partial charge in [0.2, 0.25) is 5.91 Å². The molecule has 0 aromatic rings.